The van der Waals surface area contributed by atoms with Gasteiger partial charge in [0.2, 0.25) is 0 Å². The largest absolute Gasteiger partial charge is 0.0894 e. The van der Waals surface area contributed by atoms with Crippen molar-refractivity contribution in [3.8, 4) is 0 Å². The van der Waals surface area contributed by atoms with Crippen molar-refractivity contribution in [3.05, 3.63) is 24.3 Å². The maximum atomic E-state index is 2.28. The molecule has 1 aromatic carbocycles. The summed E-state index contributed by atoms with van der Waals surface area (Å²) in [4.78, 5) is 0. The van der Waals surface area contributed by atoms with E-state index in [0.29, 0.717) is 0 Å². The first-order valence-corrected chi connectivity index (χ1v) is 5.95. The Labute approximate surface area is 65.0 Å². The van der Waals surface area contributed by atoms with Crippen LogP contribution in [0.1, 0.15) is 0 Å². The molecule has 0 saturated heterocycles. The molecule has 0 N–H and O–H groups in total. The minimum atomic E-state index is 1.08. The molecule has 1 heterocycles. The van der Waals surface area contributed by atoms with Crippen molar-refractivity contribution in [1.29, 1.82) is 0 Å². The average molecular weight is 168 g/mol. The van der Waals surface area contributed by atoms with Gasteiger partial charge in [0.1, 0.15) is 0 Å². The van der Waals surface area contributed by atoms with E-state index < -0.39 is 0 Å². The smallest absolute Gasteiger partial charge is 0.0197 e. The number of rotatable bonds is 0. The van der Waals surface area contributed by atoms with Crippen LogP contribution < -0.4 is 10.6 Å². The highest BCUT2D eigenvalue weighted by atomic mass is 31.1. The predicted molar refractivity (Wildman–Crippen MR) is 52.1 cm³/mol. The van der Waals surface area contributed by atoms with Gasteiger partial charge in [0.05, 0.1) is 0 Å². The molecule has 0 spiro atoms. The molecule has 2 rings (SSSR count). The molecule has 0 amide bonds. The summed E-state index contributed by atoms with van der Waals surface area (Å²) >= 11 is 0. The topological polar surface area (TPSA) is 0 Å². The number of benzene rings is 1. The van der Waals surface area contributed by atoms with Gasteiger partial charge in [0.25, 0.3) is 0 Å². The lowest BCUT2D eigenvalue weighted by molar-refractivity contribution is 1.53. The Hall–Kier alpha value is 0.0800. The van der Waals surface area contributed by atoms with Crippen molar-refractivity contribution in [1.82, 2.24) is 0 Å². The lowest BCUT2D eigenvalue weighted by Gasteiger charge is -2.14. The molecule has 0 fully saturated rings. The molecule has 2 heteroatoms. The second kappa shape index (κ2) is 2.99. The van der Waals surface area contributed by atoms with Gasteiger partial charge in [-0.15, -0.1) is 0 Å². The first kappa shape index (κ1) is 6.77. The fourth-order valence-electron chi connectivity index (χ4n) is 1.19. The first-order chi connectivity index (χ1) is 4.97. The van der Waals surface area contributed by atoms with Crippen LogP contribution in [0.15, 0.2) is 24.3 Å². The van der Waals surface area contributed by atoms with Gasteiger partial charge in [-0.3, -0.25) is 0 Å². The molecule has 0 saturated carbocycles. The van der Waals surface area contributed by atoms with Crippen molar-refractivity contribution in [2.24, 2.45) is 0 Å². The van der Waals surface area contributed by atoms with Gasteiger partial charge in [0, 0.05) is 0 Å². The van der Waals surface area contributed by atoms with E-state index in [1.54, 1.807) is 10.6 Å². The van der Waals surface area contributed by atoms with E-state index in [0.717, 1.165) is 17.2 Å². The summed E-state index contributed by atoms with van der Waals surface area (Å²) in [6, 6.07) is 8.86. The monoisotopic (exact) mass is 168 g/mol. The zero-order chi connectivity index (χ0) is 6.81. The molecule has 2 atom stereocenters. The third-order valence-electron chi connectivity index (χ3n) is 1.68. The van der Waals surface area contributed by atoms with Gasteiger partial charge in [-0.25, -0.2) is 0 Å². The van der Waals surface area contributed by atoms with Gasteiger partial charge in [0.15, 0.2) is 0 Å². The Morgan fingerprint density at radius 1 is 0.900 bits per heavy atom. The molecule has 2 unspecified atom stereocenters. The maximum absolute atomic E-state index is 2.28. The van der Waals surface area contributed by atoms with Crippen LogP contribution >= 0.6 is 17.2 Å². The minimum absolute atomic E-state index is 1.08. The van der Waals surface area contributed by atoms with E-state index in [1.165, 1.54) is 12.3 Å². The molecule has 1 aliphatic rings. The molecule has 10 heavy (non-hydrogen) atoms. The number of hydrogen-bond acceptors (Lipinski definition) is 0. The molecule has 0 bridgehead atoms. The lowest BCUT2D eigenvalue weighted by Crippen LogP contribution is -2.19. The summed E-state index contributed by atoms with van der Waals surface area (Å²) in [6.07, 6.45) is 2.85. The van der Waals surface area contributed by atoms with E-state index in [9.17, 15) is 0 Å². The molecular formula is C8H10P2. The van der Waals surface area contributed by atoms with Crippen molar-refractivity contribution in [2.75, 3.05) is 12.3 Å². The molecule has 0 radical (unpaired) electrons. The summed E-state index contributed by atoms with van der Waals surface area (Å²) in [6.45, 7) is 0. The van der Waals surface area contributed by atoms with Gasteiger partial charge in [-0.1, -0.05) is 41.4 Å². The average Bonchev–Trinajstić information content (AvgIpc) is 2.05. The SMILES string of the molecule is c1ccc2c(c1)PCCP2. The van der Waals surface area contributed by atoms with Crippen molar-refractivity contribution in [3.63, 3.8) is 0 Å². The van der Waals surface area contributed by atoms with E-state index >= 15 is 0 Å². The van der Waals surface area contributed by atoms with Gasteiger partial charge >= 0.3 is 0 Å². The quantitative estimate of drug-likeness (QED) is 0.512. The van der Waals surface area contributed by atoms with Crippen LogP contribution in [-0.4, -0.2) is 12.3 Å². The lowest BCUT2D eigenvalue weighted by atomic mass is 10.4. The zero-order valence-corrected chi connectivity index (χ0v) is 7.72. The number of fused-ring (bicyclic) bond motifs is 1. The van der Waals surface area contributed by atoms with Crippen LogP contribution in [0.5, 0.6) is 0 Å². The first-order valence-electron chi connectivity index (χ1n) is 3.53. The van der Waals surface area contributed by atoms with Crippen LogP contribution in [0, 0.1) is 0 Å². The van der Waals surface area contributed by atoms with E-state index in [-0.39, 0.29) is 0 Å². The fraction of sp³-hybridized carbons (Fsp3) is 0.250. The van der Waals surface area contributed by atoms with Crippen LogP contribution in [0.3, 0.4) is 0 Å². The molecule has 1 aliphatic heterocycles. The second-order valence-electron chi connectivity index (χ2n) is 2.40. The molecule has 0 aromatic heterocycles. The highest BCUT2D eigenvalue weighted by Crippen LogP contribution is 2.23. The van der Waals surface area contributed by atoms with Crippen molar-refractivity contribution in [2.45, 2.75) is 0 Å². The maximum Gasteiger partial charge on any atom is -0.0197 e. The minimum Gasteiger partial charge on any atom is -0.0894 e. The Morgan fingerprint density at radius 3 is 1.90 bits per heavy atom. The summed E-state index contributed by atoms with van der Waals surface area (Å²) in [7, 11) is 2.16. The van der Waals surface area contributed by atoms with E-state index in [1.807, 2.05) is 0 Å². The second-order valence-corrected chi connectivity index (χ2v) is 5.18. The molecule has 52 valence electrons. The van der Waals surface area contributed by atoms with Crippen LogP contribution in [0.25, 0.3) is 0 Å². The van der Waals surface area contributed by atoms with Crippen molar-refractivity contribution < 1.29 is 0 Å². The third-order valence-corrected chi connectivity index (χ3v) is 5.07. The van der Waals surface area contributed by atoms with E-state index in [4.69, 9.17) is 0 Å². The Kier molecular flexibility index (Phi) is 2.02. The highest BCUT2D eigenvalue weighted by Gasteiger charge is 2.05. The van der Waals surface area contributed by atoms with Crippen molar-refractivity contribution >= 4 is 27.8 Å². The van der Waals surface area contributed by atoms with Gasteiger partial charge < -0.3 is 0 Å². The Bertz CT molecular complexity index is 207. The van der Waals surface area contributed by atoms with Crippen LogP contribution in [-0.2, 0) is 0 Å². The summed E-state index contributed by atoms with van der Waals surface area (Å²) in [5, 5.41) is 3.24. The summed E-state index contributed by atoms with van der Waals surface area (Å²) in [5.74, 6) is 0. The van der Waals surface area contributed by atoms with Crippen LogP contribution in [0.2, 0.25) is 0 Å². The molecule has 1 aromatic rings. The van der Waals surface area contributed by atoms with Crippen LogP contribution in [0.4, 0.5) is 0 Å². The molecular weight excluding hydrogens is 158 g/mol. The predicted octanol–water partition coefficient (Wildman–Crippen LogP) is 1.31. The molecule has 0 nitrogen and oxygen atoms in total. The van der Waals surface area contributed by atoms with Gasteiger partial charge in [-0.05, 0) is 22.9 Å². The molecule has 0 aliphatic carbocycles. The third kappa shape index (κ3) is 1.24. The Morgan fingerprint density at radius 2 is 1.40 bits per heavy atom. The summed E-state index contributed by atoms with van der Waals surface area (Å²) < 4.78 is 0. The Balaban J connectivity index is 2.41. The normalized spacial score (nSPS) is 21.2. The standard InChI is InChI=1S/C8H10P2/c1-2-4-8-7(3-1)9-5-6-10-8/h1-4,9-10H,5-6H2. The summed E-state index contributed by atoms with van der Waals surface area (Å²) in [5.41, 5.74) is 0. The zero-order valence-electron chi connectivity index (χ0n) is 5.72. The highest BCUT2D eigenvalue weighted by molar-refractivity contribution is 7.58. The number of hydrogen-bond donors (Lipinski definition) is 0. The van der Waals surface area contributed by atoms with E-state index in [2.05, 4.69) is 24.3 Å². The van der Waals surface area contributed by atoms with Gasteiger partial charge in [-0.2, -0.15) is 0 Å². The fourth-order valence-corrected chi connectivity index (χ4v) is 4.23.